The van der Waals surface area contributed by atoms with Crippen molar-refractivity contribution in [3.05, 3.63) is 15.6 Å². The van der Waals surface area contributed by atoms with Crippen LogP contribution in [0.25, 0.3) is 0 Å². The molecule has 1 aliphatic rings. The summed E-state index contributed by atoms with van der Waals surface area (Å²) in [4.78, 5) is 17.8. The van der Waals surface area contributed by atoms with Crippen LogP contribution in [0, 0.1) is 0 Å². The van der Waals surface area contributed by atoms with Gasteiger partial charge in [-0.1, -0.05) is 6.92 Å². The van der Waals surface area contributed by atoms with Gasteiger partial charge < -0.3 is 9.47 Å². The van der Waals surface area contributed by atoms with Gasteiger partial charge in [0, 0.05) is 11.5 Å². The number of hydrogen-bond donors (Lipinski definition) is 0. The molecule has 2 unspecified atom stereocenters. The molecule has 1 aliphatic carbocycles. The average Bonchev–Trinajstić information content (AvgIpc) is 2.95. The quantitative estimate of drug-likeness (QED) is 0.752. The molecule has 0 spiro atoms. The highest BCUT2D eigenvalue weighted by atomic mass is 32.1. The van der Waals surface area contributed by atoms with Crippen molar-refractivity contribution >= 4 is 17.3 Å². The van der Waals surface area contributed by atoms with Gasteiger partial charge in [-0.15, -0.1) is 11.3 Å². The van der Waals surface area contributed by atoms with E-state index < -0.39 is 0 Å². The lowest BCUT2D eigenvalue weighted by Crippen LogP contribution is -2.14. The smallest absolute Gasteiger partial charge is 0.315 e. The van der Waals surface area contributed by atoms with Crippen molar-refractivity contribution in [3.8, 4) is 0 Å². The second kappa shape index (κ2) is 6.48. The molecule has 19 heavy (non-hydrogen) atoms. The molecule has 0 saturated heterocycles. The molecular formula is C14H21NO3S. The Morgan fingerprint density at radius 1 is 1.42 bits per heavy atom. The number of thiazole rings is 1. The van der Waals surface area contributed by atoms with E-state index in [-0.39, 0.29) is 18.0 Å². The van der Waals surface area contributed by atoms with E-state index in [1.165, 1.54) is 4.88 Å². The highest BCUT2D eigenvalue weighted by Gasteiger charge is 2.34. The minimum absolute atomic E-state index is 0.0587. The molecule has 1 heterocycles. The van der Waals surface area contributed by atoms with E-state index in [1.807, 2.05) is 13.8 Å². The SMILES string of the molecule is CCOC(=O)C1CCc2sc(C(CC)OCC)nc21. The number of rotatable bonds is 6. The maximum Gasteiger partial charge on any atom is 0.315 e. The van der Waals surface area contributed by atoms with Crippen LogP contribution in [0.5, 0.6) is 0 Å². The molecule has 106 valence electrons. The van der Waals surface area contributed by atoms with Crippen LogP contribution in [0.15, 0.2) is 0 Å². The van der Waals surface area contributed by atoms with Gasteiger partial charge in [0.15, 0.2) is 0 Å². The van der Waals surface area contributed by atoms with Crippen LogP contribution in [0.4, 0.5) is 0 Å². The maximum absolute atomic E-state index is 11.9. The van der Waals surface area contributed by atoms with E-state index >= 15 is 0 Å². The standard InChI is InChI=1S/C14H21NO3S/c1-4-10(17-5-2)13-15-12-9(14(16)18-6-3)7-8-11(12)19-13/h9-10H,4-8H2,1-3H3. The Balaban J connectivity index is 2.17. The van der Waals surface area contributed by atoms with Gasteiger partial charge in [0.2, 0.25) is 0 Å². The van der Waals surface area contributed by atoms with E-state index in [0.29, 0.717) is 13.2 Å². The first-order valence-corrected chi connectivity index (χ1v) is 7.80. The molecule has 4 nitrogen and oxygen atoms in total. The Labute approximate surface area is 118 Å². The summed E-state index contributed by atoms with van der Waals surface area (Å²) < 4.78 is 10.8. The largest absolute Gasteiger partial charge is 0.465 e. The van der Waals surface area contributed by atoms with Crippen molar-refractivity contribution in [2.75, 3.05) is 13.2 Å². The first-order chi connectivity index (χ1) is 9.21. The number of aryl methyl sites for hydroxylation is 1. The van der Waals surface area contributed by atoms with Crippen molar-refractivity contribution in [3.63, 3.8) is 0 Å². The van der Waals surface area contributed by atoms with Crippen molar-refractivity contribution in [2.45, 2.75) is 52.1 Å². The molecular weight excluding hydrogens is 262 g/mol. The Morgan fingerprint density at radius 2 is 2.21 bits per heavy atom. The molecule has 1 aromatic rings. The zero-order valence-electron chi connectivity index (χ0n) is 11.8. The third-order valence-electron chi connectivity index (χ3n) is 3.32. The van der Waals surface area contributed by atoms with E-state index in [9.17, 15) is 4.79 Å². The second-order valence-electron chi connectivity index (χ2n) is 4.56. The van der Waals surface area contributed by atoms with Gasteiger partial charge in [-0.25, -0.2) is 4.98 Å². The van der Waals surface area contributed by atoms with Crippen molar-refractivity contribution in [1.29, 1.82) is 0 Å². The molecule has 0 aliphatic heterocycles. The molecule has 1 aromatic heterocycles. The predicted molar refractivity (Wildman–Crippen MR) is 74.5 cm³/mol. The summed E-state index contributed by atoms with van der Waals surface area (Å²) >= 11 is 1.69. The lowest BCUT2D eigenvalue weighted by molar-refractivity contribution is -0.145. The van der Waals surface area contributed by atoms with Crippen LogP contribution in [0.3, 0.4) is 0 Å². The number of carbonyl (C=O) groups is 1. The summed E-state index contributed by atoms with van der Waals surface area (Å²) in [6, 6.07) is 0. The number of carbonyl (C=O) groups excluding carboxylic acids is 1. The third-order valence-corrected chi connectivity index (χ3v) is 4.54. The van der Waals surface area contributed by atoms with Gasteiger partial charge >= 0.3 is 5.97 Å². The fourth-order valence-corrected chi connectivity index (χ4v) is 3.70. The Kier molecular flexibility index (Phi) is 4.93. The lowest BCUT2D eigenvalue weighted by atomic mass is 10.1. The highest BCUT2D eigenvalue weighted by Crippen LogP contribution is 2.39. The predicted octanol–water partition coefficient (Wildman–Crippen LogP) is 3.22. The van der Waals surface area contributed by atoms with Crippen LogP contribution in [0.1, 0.15) is 61.2 Å². The fourth-order valence-electron chi connectivity index (χ4n) is 2.42. The molecule has 2 atom stereocenters. The average molecular weight is 283 g/mol. The number of esters is 1. The molecule has 0 radical (unpaired) electrons. The van der Waals surface area contributed by atoms with Crippen molar-refractivity contribution in [1.82, 2.24) is 4.98 Å². The number of fused-ring (bicyclic) bond motifs is 1. The zero-order chi connectivity index (χ0) is 13.8. The molecule has 5 heteroatoms. The summed E-state index contributed by atoms with van der Waals surface area (Å²) in [6.45, 7) is 7.03. The second-order valence-corrected chi connectivity index (χ2v) is 5.67. The molecule has 0 bridgehead atoms. The van der Waals surface area contributed by atoms with Crippen LogP contribution >= 0.6 is 11.3 Å². The molecule has 0 amide bonds. The van der Waals surface area contributed by atoms with Gasteiger partial charge in [-0.2, -0.15) is 0 Å². The van der Waals surface area contributed by atoms with Crippen LogP contribution in [0.2, 0.25) is 0 Å². The Bertz CT molecular complexity index is 444. The third kappa shape index (κ3) is 2.98. The van der Waals surface area contributed by atoms with Gasteiger partial charge in [0.1, 0.15) is 17.0 Å². The van der Waals surface area contributed by atoms with Gasteiger partial charge in [0.05, 0.1) is 12.3 Å². The molecule has 0 fully saturated rings. The topological polar surface area (TPSA) is 48.4 Å². The summed E-state index contributed by atoms with van der Waals surface area (Å²) in [5.41, 5.74) is 0.927. The Hall–Kier alpha value is -0.940. The zero-order valence-corrected chi connectivity index (χ0v) is 12.6. The Morgan fingerprint density at radius 3 is 2.84 bits per heavy atom. The minimum atomic E-state index is -0.168. The first-order valence-electron chi connectivity index (χ1n) is 6.98. The maximum atomic E-state index is 11.9. The summed E-state index contributed by atoms with van der Waals surface area (Å²) in [5, 5.41) is 1.00. The highest BCUT2D eigenvalue weighted by molar-refractivity contribution is 7.11. The normalized spacial score (nSPS) is 19.2. The lowest BCUT2D eigenvalue weighted by Gasteiger charge is -2.12. The van der Waals surface area contributed by atoms with Crippen LogP contribution in [-0.4, -0.2) is 24.2 Å². The molecule has 2 rings (SSSR count). The van der Waals surface area contributed by atoms with Gasteiger partial charge in [-0.05, 0) is 33.1 Å². The van der Waals surface area contributed by atoms with Gasteiger partial charge in [-0.3, -0.25) is 4.79 Å². The first kappa shape index (κ1) is 14.5. The molecule has 0 aromatic carbocycles. The van der Waals surface area contributed by atoms with Crippen LogP contribution in [-0.2, 0) is 20.7 Å². The van der Waals surface area contributed by atoms with E-state index in [4.69, 9.17) is 9.47 Å². The summed E-state index contributed by atoms with van der Waals surface area (Å²) in [6.07, 6.45) is 2.73. The minimum Gasteiger partial charge on any atom is -0.465 e. The number of ether oxygens (including phenoxy) is 2. The number of aromatic nitrogens is 1. The van der Waals surface area contributed by atoms with Crippen molar-refractivity contribution < 1.29 is 14.3 Å². The molecule has 0 N–H and O–H groups in total. The number of hydrogen-bond acceptors (Lipinski definition) is 5. The number of nitrogens with zero attached hydrogens (tertiary/aromatic N) is 1. The fraction of sp³-hybridized carbons (Fsp3) is 0.714. The summed E-state index contributed by atoms with van der Waals surface area (Å²) in [7, 11) is 0. The van der Waals surface area contributed by atoms with E-state index in [0.717, 1.165) is 30.0 Å². The van der Waals surface area contributed by atoms with Crippen molar-refractivity contribution in [2.24, 2.45) is 0 Å². The van der Waals surface area contributed by atoms with Gasteiger partial charge in [0.25, 0.3) is 0 Å². The monoisotopic (exact) mass is 283 g/mol. The van der Waals surface area contributed by atoms with E-state index in [2.05, 4.69) is 11.9 Å². The summed E-state index contributed by atoms with van der Waals surface area (Å²) in [5.74, 6) is -0.304. The van der Waals surface area contributed by atoms with E-state index in [1.54, 1.807) is 11.3 Å². The van der Waals surface area contributed by atoms with Crippen LogP contribution < -0.4 is 0 Å². The molecule has 0 saturated carbocycles.